The number of nitro groups is 1. The van der Waals surface area contributed by atoms with Gasteiger partial charge in [-0.3, -0.25) is 14.9 Å². The highest BCUT2D eigenvalue weighted by atomic mass is 16.6. The van der Waals surface area contributed by atoms with Crippen molar-refractivity contribution in [3.8, 4) is 0 Å². The van der Waals surface area contributed by atoms with Gasteiger partial charge in [0.05, 0.1) is 23.9 Å². The lowest BCUT2D eigenvalue weighted by atomic mass is 10.1. The molecule has 0 saturated carbocycles. The van der Waals surface area contributed by atoms with Gasteiger partial charge in [-0.15, -0.1) is 0 Å². The summed E-state index contributed by atoms with van der Waals surface area (Å²) in [6.45, 7) is 6.51. The first-order chi connectivity index (χ1) is 13.6. The third kappa shape index (κ3) is 4.98. The van der Waals surface area contributed by atoms with Crippen molar-refractivity contribution < 1.29 is 33.2 Å². The van der Waals surface area contributed by atoms with Crippen LogP contribution in [0.5, 0.6) is 0 Å². The van der Waals surface area contributed by atoms with Crippen molar-refractivity contribution in [1.82, 2.24) is 4.98 Å². The second-order valence-corrected chi connectivity index (χ2v) is 6.06. The van der Waals surface area contributed by atoms with Crippen molar-refractivity contribution in [2.24, 2.45) is 0 Å². The van der Waals surface area contributed by atoms with Crippen LogP contribution in [-0.4, -0.2) is 40.3 Å². The van der Waals surface area contributed by atoms with Crippen LogP contribution in [0.3, 0.4) is 0 Å². The van der Waals surface area contributed by atoms with E-state index in [9.17, 15) is 24.5 Å². The normalized spacial score (nSPS) is 12.0. The van der Waals surface area contributed by atoms with Crippen molar-refractivity contribution in [2.75, 3.05) is 6.61 Å². The molecule has 0 aromatic carbocycles. The Labute approximate surface area is 165 Å². The molecular formula is C19H20N2O8. The Morgan fingerprint density at radius 3 is 2.59 bits per heavy atom. The fourth-order valence-electron chi connectivity index (χ4n) is 2.66. The number of furan rings is 1. The fraction of sp³-hybridized carbons (Fsp3) is 0.316. The van der Waals surface area contributed by atoms with Crippen molar-refractivity contribution in [1.29, 1.82) is 0 Å². The van der Waals surface area contributed by atoms with Crippen LogP contribution in [0.25, 0.3) is 6.08 Å². The van der Waals surface area contributed by atoms with E-state index in [4.69, 9.17) is 13.9 Å². The first-order valence-electron chi connectivity index (χ1n) is 8.69. The Kier molecular flexibility index (Phi) is 6.71. The average molecular weight is 404 g/mol. The second kappa shape index (κ2) is 9.00. The number of rotatable bonds is 8. The molecular weight excluding hydrogens is 384 g/mol. The molecule has 0 saturated heterocycles. The Hall–Kier alpha value is -3.69. The number of ether oxygens (including phenoxy) is 2. The number of aryl methyl sites for hydroxylation is 1. The smallest absolute Gasteiger partial charge is 0.433 e. The van der Waals surface area contributed by atoms with Gasteiger partial charge in [0.2, 0.25) is 5.78 Å². The molecule has 0 spiro atoms. The Balaban J connectivity index is 2.07. The number of carbonyl (C=O) groups is 3. The molecule has 0 aliphatic heterocycles. The lowest BCUT2D eigenvalue weighted by Crippen LogP contribution is -2.24. The second-order valence-electron chi connectivity index (χ2n) is 6.06. The molecule has 2 rings (SSSR count). The number of aromatic amines is 1. The number of esters is 2. The maximum Gasteiger partial charge on any atom is 0.433 e. The molecule has 0 aliphatic rings. The Morgan fingerprint density at radius 1 is 1.31 bits per heavy atom. The molecule has 0 aliphatic carbocycles. The summed E-state index contributed by atoms with van der Waals surface area (Å²) in [5.41, 5.74) is 1.30. The lowest BCUT2D eigenvalue weighted by Gasteiger charge is -2.10. The number of nitrogens with one attached hydrogen (secondary N) is 1. The summed E-state index contributed by atoms with van der Waals surface area (Å²) < 4.78 is 14.9. The number of hydrogen-bond acceptors (Lipinski definition) is 8. The predicted octanol–water partition coefficient (Wildman–Crippen LogP) is 3.14. The maximum absolute atomic E-state index is 12.6. The minimum absolute atomic E-state index is 0.0857. The van der Waals surface area contributed by atoms with Crippen LogP contribution in [0.1, 0.15) is 51.7 Å². The molecule has 0 radical (unpaired) electrons. The minimum Gasteiger partial charge on any atom is -0.462 e. The van der Waals surface area contributed by atoms with Crippen LogP contribution >= 0.6 is 0 Å². The van der Waals surface area contributed by atoms with Crippen molar-refractivity contribution in [3.63, 3.8) is 0 Å². The van der Waals surface area contributed by atoms with Gasteiger partial charge in [0, 0.05) is 11.8 Å². The third-order valence-electron chi connectivity index (χ3n) is 4.00. The summed E-state index contributed by atoms with van der Waals surface area (Å²) in [4.78, 5) is 49.3. The maximum atomic E-state index is 12.6. The SMILES string of the molecule is CCOC(=O)c1c(C)[nH]c(C(=O)[C@H](C)OC(=O)/C=C/c2ccc([N+](=O)[O-])o2)c1C. The number of nitrogens with zero attached hydrogens (tertiary/aromatic N) is 1. The summed E-state index contributed by atoms with van der Waals surface area (Å²) in [5, 5.41) is 10.6. The molecule has 0 unspecified atom stereocenters. The molecule has 2 aromatic rings. The van der Waals surface area contributed by atoms with E-state index in [-0.39, 0.29) is 23.6 Å². The molecule has 2 heterocycles. The van der Waals surface area contributed by atoms with Gasteiger partial charge in [0.1, 0.15) is 10.7 Å². The Bertz CT molecular complexity index is 982. The van der Waals surface area contributed by atoms with E-state index in [0.717, 1.165) is 12.1 Å². The predicted molar refractivity (Wildman–Crippen MR) is 101 cm³/mol. The third-order valence-corrected chi connectivity index (χ3v) is 4.00. The summed E-state index contributed by atoms with van der Waals surface area (Å²) in [6.07, 6.45) is 1.04. The molecule has 154 valence electrons. The summed E-state index contributed by atoms with van der Waals surface area (Å²) in [7, 11) is 0. The van der Waals surface area contributed by atoms with Gasteiger partial charge in [0.15, 0.2) is 6.10 Å². The molecule has 10 nitrogen and oxygen atoms in total. The van der Waals surface area contributed by atoms with Gasteiger partial charge < -0.3 is 18.9 Å². The highest BCUT2D eigenvalue weighted by molar-refractivity contribution is 6.04. The van der Waals surface area contributed by atoms with Gasteiger partial charge in [-0.2, -0.15) is 0 Å². The quantitative estimate of drug-likeness (QED) is 0.232. The minimum atomic E-state index is -1.13. The van der Waals surface area contributed by atoms with Gasteiger partial charge in [0.25, 0.3) is 0 Å². The monoisotopic (exact) mass is 404 g/mol. The topological polar surface area (TPSA) is 142 Å². The molecule has 0 amide bonds. The zero-order valence-electron chi connectivity index (χ0n) is 16.3. The highest BCUT2D eigenvalue weighted by Crippen LogP contribution is 2.21. The van der Waals surface area contributed by atoms with E-state index in [2.05, 4.69) is 4.98 Å². The van der Waals surface area contributed by atoms with Crippen LogP contribution in [-0.2, 0) is 14.3 Å². The number of hydrogen-bond donors (Lipinski definition) is 1. The molecule has 1 atom stereocenters. The first-order valence-corrected chi connectivity index (χ1v) is 8.69. The largest absolute Gasteiger partial charge is 0.462 e. The van der Waals surface area contributed by atoms with Gasteiger partial charge in [-0.25, -0.2) is 9.59 Å². The number of Topliss-reactive ketones (excluding diaryl/α,β-unsaturated/α-hetero) is 1. The molecule has 0 fully saturated rings. The number of H-pyrrole nitrogens is 1. The summed E-state index contributed by atoms with van der Waals surface area (Å²) in [6, 6.07) is 2.47. The van der Waals surface area contributed by atoms with Crippen molar-refractivity contribution in [3.05, 3.63) is 56.6 Å². The van der Waals surface area contributed by atoms with E-state index >= 15 is 0 Å². The van der Waals surface area contributed by atoms with Crippen LogP contribution in [0, 0.1) is 24.0 Å². The van der Waals surface area contributed by atoms with Gasteiger partial charge >= 0.3 is 17.8 Å². The molecule has 10 heteroatoms. The molecule has 0 bridgehead atoms. The van der Waals surface area contributed by atoms with Crippen molar-refractivity contribution >= 4 is 29.7 Å². The zero-order valence-corrected chi connectivity index (χ0v) is 16.3. The molecule has 29 heavy (non-hydrogen) atoms. The van der Waals surface area contributed by atoms with E-state index < -0.39 is 34.6 Å². The van der Waals surface area contributed by atoms with E-state index in [1.807, 2.05) is 0 Å². The van der Waals surface area contributed by atoms with E-state index in [1.54, 1.807) is 20.8 Å². The fourth-order valence-corrected chi connectivity index (χ4v) is 2.66. The average Bonchev–Trinajstić information content (AvgIpc) is 3.24. The number of carbonyl (C=O) groups excluding carboxylic acids is 3. The van der Waals surface area contributed by atoms with Crippen LogP contribution < -0.4 is 0 Å². The highest BCUT2D eigenvalue weighted by Gasteiger charge is 2.27. The first kappa shape index (κ1) is 21.6. The summed E-state index contributed by atoms with van der Waals surface area (Å²) in [5.74, 6) is -2.27. The Morgan fingerprint density at radius 2 is 2.00 bits per heavy atom. The van der Waals surface area contributed by atoms with E-state index in [0.29, 0.717) is 11.3 Å². The standard InChI is InChI=1S/C19H20N2O8/c1-5-27-19(24)16-10(2)17(20-11(16)3)18(23)12(4)28-15(22)9-7-13-6-8-14(29-13)21(25)26/h6-9,12,20H,5H2,1-4H3/b9-7+/t12-/m0/s1. The van der Waals surface area contributed by atoms with E-state index in [1.165, 1.54) is 19.1 Å². The molecule has 1 N–H and O–H groups in total. The zero-order chi connectivity index (χ0) is 21.7. The van der Waals surface area contributed by atoms with Gasteiger partial charge in [-0.1, -0.05) is 0 Å². The van der Waals surface area contributed by atoms with Gasteiger partial charge in [-0.05, 0) is 45.4 Å². The van der Waals surface area contributed by atoms with Crippen LogP contribution in [0.4, 0.5) is 5.88 Å². The summed E-state index contributed by atoms with van der Waals surface area (Å²) >= 11 is 0. The molecule has 2 aromatic heterocycles. The van der Waals surface area contributed by atoms with Crippen LogP contribution in [0.15, 0.2) is 22.6 Å². The lowest BCUT2D eigenvalue weighted by molar-refractivity contribution is -0.402. The number of aromatic nitrogens is 1. The van der Waals surface area contributed by atoms with Crippen molar-refractivity contribution in [2.45, 2.75) is 33.8 Å². The van der Waals surface area contributed by atoms with Crippen LogP contribution in [0.2, 0.25) is 0 Å². The number of ketones is 1.